The Morgan fingerprint density at radius 2 is 2.45 bits per heavy atom. The van der Waals surface area contributed by atoms with E-state index in [9.17, 15) is 4.79 Å². The SMILES string of the molecule is C[C@@H](O)CNC(=O)C1CNC1. The van der Waals surface area contributed by atoms with Gasteiger partial charge in [-0.1, -0.05) is 0 Å². The molecule has 1 amide bonds. The fraction of sp³-hybridized carbons (Fsp3) is 0.857. The van der Waals surface area contributed by atoms with Gasteiger partial charge in [-0.05, 0) is 6.92 Å². The minimum atomic E-state index is -0.452. The van der Waals surface area contributed by atoms with Crippen molar-refractivity contribution in [1.82, 2.24) is 10.6 Å². The molecule has 0 saturated carbocycles. The molecule has 1 fully saturated rings. The molecule has 0 unspecified atom stereocenters. The van der Waals surface area contributed by atoms with Gasteiger partial charge in [0.25, 0.3) is 0 Å². The van der Waals surface area contributed by atoms with Crippen molar-refractivity contribution in [2.24, 2.45) is 5.92 Å². The largest absolute Gasteiger partial charge is 0.392 e. The molecule has 0 radical (unpaired) electrons. The van der Waals surface area contributed by atoms with E-state index in [4.69, 9.17) is 5.11 Å². The van der Waals surface area contributed by atoms with Crippen molar-refractivity contribution < 1.29 is 9.90 Å². The van der Waals surface area contributed by atoms with E-state index >= 15 is 0 Å². The molecule has 1 atom stereocenters. The summed E-state index contributed by atoms with van der Waals surface area (Å²) in [5.41, 5.74) is 0. The van der Waals surface area contributed by atoms with E-state index in [-0.39, 0.29) is 11.8 Å². The lowest BCUT2D eigenvalue weighted by Crippen LogP contribution is -2.51. The van der Waals surface area contributed by atoms with Gasteiger partial charge in [-0.3, -0.25) is 4.79 Å². The summed E-state index contributed by atoms with van der Waals surface area (Å²) < 4.78 is 0. The number of rotatable bonds is 3. The highest BCUT2D eigenvalue weighted by Crippen LogP contribution is 2.01. The molecule has 1 rings (SSSR count). The first-order valence-corrected chi connectivity index (χ1v) is 3.86. The minimum Gasteiger partial charge on any atom is -0.392 e. The molecule has 0 aromatic carbocycles. The molecule has 11 heavy (non-hydrogen) atoms. The molecule has 1 heterocycles. The smallest absolute Gasteiger partial charge is 0.225 e. The molecule has 4 heteroatoms. The molecule has 0 aromatic heterocycles. The number of nitrogens with one attached hydrogen (secondary N) is 2. The van der Waals surface area contributed by atoms with Gasteiger partial charge in [-0.15, -0.1) is 0 Å². The lowest BCUT2D eigenvalue weighted by molar-refractivity contribution is -0.126. The Balaban J connectivity index is 2.10. The first-order valence-electron chi connectivity index (χ1n) is 3.86. The Bertz CT molecular complexity index is 143. The second kappa shape index (κ2) is 3.69. The maximum Gasteiger partial charge on any atom is 0.225 e. The summed E-state index contributed by atoms with van der Waals surface area (Å²) in [7, 11) is 0. The minimum absolute atomic E-state index is 0.0460. The molecular formula is C7H14N2O2. The lowest BCUT2D eigenvalue weighted by Gasteiger charge is -2.25. The molecule has 0 aliphatic carbocycles. The van der Waals surface area contributed by atoms with Gasteiger partial charge < -0.3 is 15.7 Å². The highest BCUT2D eigenvalue weighted by Gasteiger charge is 2.24. The third-order valence-corrected chi connectivity index (χ3v) is 1.72. The quantitative estimate of drug-likeness (QED) is 0.478. The summed E-state index contributed by atoms with van der Waals surface area (Å²) in [6, 6.07) is 0. The third kappa shape index (κ3) is 2.48. The molecular weight excluding hydrogens is 144 g/mol. The van der Waals surface area contributed by atoms with Gasteiger partial charge >= 0.3 is 0 Å². The maximum atomic E-state index is 11.1. The Morgan fingerprint density at radius 3 is 2.82 bits per heavy atom. The van der Waals surface area contributed by atoms with Crippen LogP contribution in [0.1, 0.15) is 6.92 Å². The van der Waals surface area contributed by atoms with Crippen molar-refractivity contribution in [3.8, 4) is 0 Å². The standard InChI is InChI=1S/C7H14N2O2/c1-5(10)2-9-7(11)6-3-8-4-6/h5-6,8,10H,2-4H2,1H3,(H,9,11)/t5-/m1/s1. The van der Waals surface area contributed by atoms with Crippen LogP contribution in [0.15, 0.2) is 0 Å². The second-order valence-corrected chi connectivity index (χ2v) is 2.95. The van der Waals surface area contributed by atoms with Gasteiger partial charge in [0.1, 0.15) is 0 Å². The van der Waals surface area contributed by atoms with Crippen LogP contribution < -0.4 is 10.6 Å². The van der Waals surface area contributed by atoms with Crippen LogP contribution in [-0.4, -0.2) is 36.8 Å². The molecule has 1 aliphatic rings. The predicted molar refractivity (Wildman–Crippen MR) is 41.1 cm³/mol. The van der Waals surface area contributed by atoms with Crippen molar-refractivity contribution in [2.75, 3.05) is 19.6 Å². The fourth-order valence-electron chi connectivity index (χ4n) is 0.867. The molecule has 0 aromatic rings. The van der Waals surface area contributed by atoms with Gasteiger partial charge in [-0.25, -0.2) is 0 Å². The van der Waals surface area contributed by atoms with E-state index in [1.54, 1.807) is 6.92 Å². The summed E-state index contributed by atoms with van der Waals surface area (Å²) in [6.07, 6.45) is -0.452. The number of amides is 1. The Hall–Kier alpha value is -0.610. The zero-order valence-corrected chi connectivity index (χ0v) is 6.63. The molecule has 3 N–H and O–H groups in total. The molecule has 64 valence electrons. The van der Waals surface area contributed by atoms with Gasteiger partial charge in [0.2, 0.25) is 5.91 Å². The first-order chi connectivity index (χ1) is 5.20. The van der Waals surface area contributed by atoms with Gasteiger partial charge in [0.15, 0.2) is 0 Å². The summed E-state index contributed by atoms with van der Waals surface area (Å²) >= 11 is 0. The topological polar surface area (TPSA) is 61.4 Å². The molecule has 0 spiro atoms. The molecule has 1 saturated heterocycles. The van der Waals surface area contributed by atoms with E-state index in [1.807, 2.05) is 0 Å². The van der Waals surface area contributed by atoms with Crippen molar-refractivity contribution in [3.63, 3.8) is 0 Å². The van der Waals surface area contributed by atoms with Gasteiger partial charge in [0, 0.05) is 19.6 Å². The van der Waals surface area contributed by atoms with Crippen molar-refractivity contribution in [2.45, 2.75) is 13.0 Å². The molecule has 4 nitrogen and oxygen atoms in total. The number of hydrogen-bond donors (Lipinski definition) is 3. The van der Waals surface area contributed by atoms with E-state index in [0.717, 1.165) is 13.1 Å². The maximum absolute atomic E-state index is 11.1. The van der Waals surface area contributed by atoms with Gasteiger partial charge in [-0.2, -0.15) is 0 Å². The first kappa shape index (κ1) is 8.49. The third-order valence-electron chi connectivity index (χ3n) is 1.72. The summed E-state index contributed by atoms with van der Waals surface area (Å²) in [5, 5.41) is 14.5. The van der Waals surface area contributed by atoms with Crippen LogP contribution in [0.5, 0.6) is 0 Å². The normalized spacial score (nSPS) is 20.5. The summed E-state index contributed by atoms with van der Waals surface area (Å²) in [6.45, 7) is 3.55. The number of carbonyl (C=O) groups excluding carboxylic acids is 1. The van der Waals surface area contributed by atoms with E-state index in [1.165, 1.54) is 0 Å². The molecule has 1 aliphatic heterocycles. The van der Waals surface area contributed by atoms with Crippen molar-refractivity contribution >= 4 is 5.91 Å². The Morgan fingerprint density at radius 1 is 1.82 bits per heavy atom. The predicted octanol–water partition coefficient (Wildman–Crippen LogP) is -1.30. The number of hydrogen-bond acceptors (Lipinski definition) is 3. The fourth-order valence-corrected chi connectivity index (χ4v) is 0.867. The second-order valence-electron chi connectivity index (χ2n) is 2.95. The number of carbonyl (C=O) groups is 1. The number of aliphatic hydroxyl groups is 1. The lowest BCUT2D eigenvalue weighted by atomic mass is 10.0. The Labute approximate surface area is 66.0 Å². The van der Waals surface area contributed by atoms with Crippen LogP contribution in [0.2, 0.25) is 0 Å². The Kier molecular flexibility index (Phi) is 2.84. The average molecular weight is 158 g/mol. The van der Waals surface area contributed by atoms with Crippen LogP contribution >= 0.6 is 0 Å². The van der Waals surface area contributed by atoms with E-state index in [0.29, 0.717) is 6.54 Å². The van der Waals surface area contributed by atoms with Crippen LogP contribution in [0, 0.1) is 5.92 Å². The monoisotopic (exact) mass is 158 g/mol. The van der Waals surface area contributed by atoms with Crippen molar-refractivity contribution in [1.29, 1.82) is 0 Å². The van der Waals surface area contributed by atoms with Crippen LogP contribution in [-0.2, 0) is 4.79 Å². The highest BCUT2D eigenvalue weighted by atomic mass is 16.3. The average Bonchev–Trinajstić information content (AvgIpc) is 1.79. The summed E-state index contributed by atoms with van der Waals surface area (Å²) in [5.74, 6) is 0.165. The van der Waals surface area contributed by atoms with E-state index < -0.39 is 6.10 Å². The van der Waals surface area contributed by atoms with Crippen molar-refractivity contribution in [3.05, 3.63) is 0 Å². The van der Waals surface area contributed by atoms with Crippen LogP contribution in [0.3, 0.4) is 0 Å². The van der Waals surface area contributed by atoms with E-state index in [2.05, 4.69) is 10.6 Å². The zero-order valence-electron chi connectivity index (χ0n) is 6.63. The van der Waals surface area contributed by atoms with Gasteiger partial charge in [0.05, 0.1) is 12.0 Å². The number of aliphatic hydroxyl groups excluding tert-OH is 1. The molecule has 0 bridgehead atoms. The van der Waals surface area contributed by atoms with Crippen LogP contribution in [0.4, 0.5) is 0 Å². The zero-order chi connectivity index (χ0) is 8.27. The highest BCUT2D eigenvalue weighted by molar-refractivity contribution is 5.79. The van der Waals surface area contributed by atoms with Crippen LogP contribution in [0.25, 0.3) is 0 Å². The summed E-state index contributed by atoms with van der Waals surface area (Å²) in [4.78, 5) is 11.1.